The Morgan fingerprint density at radius 1 is 1.20 bits per heavy atom. The van der Waals surface area contributed by atoms with E-state index in [1.165, 1.54) is 6.07 Å². The Bertz CT molecular complexity index is 1050. The first-order valence-corrected chi connectivity index (χ1v) is 9.22. The van der Waals surface area contributed by atoms with Crippen molar-refractivity contribution in [1.29, 1.82) is 0 Å². The van der Waals surface area contributed by atoms with Crippen molar-refractivity contribution in [3.8, 4) is 16.9 Å². The summed E-state index contributed by atoms with van der Waals surface area (Å²) >= 11 is 0. The number of aromatic amines is 1. The third kappa shape index (κ3) is 4.10. The predicted octanol–water partition coefficient (Wildman–Crippen LogP) is 4.20. The molecule has 9 heteroatoms. The molecule has 30 heavy (non-hydrogen) atoms. The number of rotatable bonds is 6. The number of anilines is 1. The molecule has 1 saturated heterocycles. The van der Waals surface area contributed by atoms with E-state index in [0.717, 1.165) is 17.8 Å². The molecule has 0 saturated carbocycles. The van der Waals surface area contributed by atoms with Gasteiger partial charge in [0.25, 0.3) is 0 Å². The summed E-state index contributed by atoms with van der Waals surface area (Å²) in [6.07, 6.45) is -2.92. The minimum Gasteiger partial charge on any atom is -0.487 e. The van der Waals surface area contributed by atoms with Crippen molar-refractivity contribution in [2.45, 2.75) is 12.8 Å². The fraction of sp³-hybridized carbons (Fsp3) is 0.238. The lowest BCUT2D eigenvalue weighted by molar-refractivity contribution is -0.142. The second-order valence-electron chi connectivity index (χ2n) is 7.07. The lowest BCUT2D eigenvalue weighted by Gasteiger charge is -2.38. The minimum absolute atomic E-state index is 0.129. The van der Waals surface area contributed by atoms with Crippen LogP contribution in [-0.4, -0.2) is 34.4 Å². The summed E-state index contributed by atoms with van der Waals surface area (Å²) in [5.74, 6) is -0.980. The van der Waals surface area contributed by atoms with Crippen molar-refractivity contribution in [2.24, 2.45) is 5.92 Å². The molecule has 0 radical (unpaired) electrons. The third-order valence-corrected chi connectivity index (χ3v) is 5.00. The van der Waals surface area contributed by atoms with E-state index < -0.39 is 23.6 Å². The van der Waals surface area contributed by atoms with Gasteiger partial charge in [-0.25, -0.2) is 0 Å². The number of alkyl halides is 3. The van der Waals surface area contributed by atoms with Crippen molar-refractivity contribution in [3.05, 3.63) is 66.0 Å². The van der Waals surface area contributed by atoms with Crippen molar-refractivity contribution in [1.82, 2.24) is 10.2 Å². The van der Waals surface area contributed by atoms with Crippen LogP contribution in [0.3, 0.4) is 0 Å². The van der Waals surface area contributed by atoms with E-state index in [4.69, 9.17) is 9.84 Å². The molecule has 2 heterocycles. The maximum Gasteiger partial charge on any atom is 0.416 e. The molecule has 0 amide bonds. The van der Waals surface area contributed by atoms with Gasteiger partial charge in [0.05, 0.1) is 17.2 Å². The van der Waals surface area contributed by atoms with E-state index in [1.54, 1.807) is 36.5 Å². The highest BCUT2D eigenvalue weighted by molar-refractivity contribution is 5.77. The number of carbonyl (C=O) groups is 1. The van der Waals surface area contributed by atoms with Crippen LogP contribution >= 0.6 is 0 Å². The Hall–Kier alpha value is -3.49. The minimum atomic E-state index is -4.49. The smallest absolute Gasteiger partial charge is 0.416 e. The van der Waals surface area contributed by atoms with Crippen LogP contribution in [0.15, 0.2) is 54.7 Å². The number of hydrogen-bond donors (Lipinski definition) is 2. The Morgan fingerprint density at radius 2 is 2.00 bits per heavy atom. The zero-order chi connectivity index (χ0) is 21.3. The van der Waals surface area contributed by atoms with Gasteiger partial charge in [0.15, 0.2) is 0 Å². The maximum atomic E-state index is 13.3. The van der Waals surface area contributed by atoms with E-state index in [-0.39, 0.29) is 6.61 Å². The number of H-pyrrole nitrogens is 1. The summed E-state index contributed by atoms with van der Waals surface area (Å²) < 4.78 is 45.7. The molecule has 156 valence electrons. The van der Waals surface area contributed by atoms with E-state index in [0.29, 0.717) is 35.7 Å². The lowest BCUT2D eigenvalue weighted by Crippen LogP contribution is -2.50. The van der Waals surface area contributed by atoms with Crippen LogP contribution < -0.4 is 9.64 Å². The summed E-state index contributed by atoms with van der Waals surface area (Å²) in [5.41, 5.74) is 1.53. The van der Waals surface area contributed by atoms with Crippen LogP contribution in [0.2, 0.25) is 0 Å². The fourth-order valence-electron chi connectivity index (χ4n) is 3.29. The van der Waals surface area contributed by atoms with Crippen LogP contribution in [-0.2, 0) is 17.6 Å². The molecule has 1 aliphatic heterocycles. The number of nitrogens with one attached hydrogen (secondary N) is 1. The summed E-state index contributed by atoms with van der Waals surface area (Å²) in [6.45, 7) is 0.861. The van der Waals surface area contributed by atoms with E-state index in [2.05, 4.69) is 10.2 Å². The monoisotopic (exact) mass is 417 g/mol. The molecule has 2 aromatic carbocycles. The molecule has 6 nitrogen and oxygen atoms in total. The van der Waals surface area contributed by atoms with Gasteiger partial charge in [-0.1, -0.05) is 12.1 Å². The van der Waals surface area contributed by atoms with E-state index in [9.17, 15) is 18.0 Å². The van der Waals surface area contributed by atoms with Crippen LogP contribution in [0.25, 0.3) is 11.1 Å². The molecular formula is C21H18F3N3O3. The van der Waals surface area contributed by atoms with Crippen LogP contribution in [0.4, 0.5) is 18.9 Å². The standard InChI is InChI=1S/C21H18F3N3O3/c22-21(23,24)15-4-5-19(30-12-16-6-7-25-26-16)18(9-15)13-2-1-3-17(8-13)27-10-14(11-27)20(28)29/h1-9,14H,10-12H2,(H,25,26)(H,28,29). The van der Waals surface area contributed by atoms with Crippen LogP contribution in [0, 0.1) is 5.92 Å². The highest BCUT2D eigenvalue weighted by Crippen LogP contribution is 2.39. The SMILES string of the molecule is O=C(O)C1CN(c2cccc(-c3cc(C(F)(F)F)ccc3OCc3ccn[nH]3)c2)C1. The number of aromatic nitrogens is 2. The third-order valence-electron chi connectivity index (χ3n) is 5.00. The molecule has 3 aromatic rings. The van der Waals surface area contributed by atoms with Gasteiger partial charge in [0.2, 0.25) is 0 Å². The number of aliphatic carboxylic acids is 1. The highest BCUT2D eigenvalue weighted by Gasteiger charge is 2.33. The average Bonchev–Trinajstić information content (AvgIpc) is 3.18. The van der Waals surface area contributed by atoms with Crippen LogP contribution in [0.5, 0.6) is 5.75 Å². The van der Waals surface area contributed by atoms with Gasteiger partial charge in [-0.3, -0.25) is 9.89 Å². The molecule has 0 unspecified atom stereocenters. The van der Waals surface area contributed by atoms with Crippen molar-refractivity contribution < 1.29 is 27.8 Å². The Kier molecular flexibility index (Phi) is 5.11. The summed E-state index contributed by atoms with van der Waals surface area (Å²) in [6, 6.07) is 12.1. The Morgan fingerprint density at radius 3 is 2.67 bits per heavy atom. The molecule has 2 N–H and O–H groups in total. The zero-order valence-corrected chi connectivity index (χ0v) is 15.7. The summed E-state index contributed by atoms with van der Waals surface area (Å²) in [4.78, 5) is 12.9. The summed E-state index contributed by atoms with van der Waals surface area (Å²) in [7, 11) is 0. The van der Waals surface area contributed by atoms with Gasteiger partial charge in [0.1, 0.15) is 12.4 Å². The average molecular weight is 417 g/mol. The largest absolute Gasteiger partial charge is 0.487 e. The van der Waals surface area contributed by atoms with Gasteiger partial charge in [-0.2, -0.15) is 18.3 Å². The number of carboxylic acid groups (broad SMARTS) is 1. The zero-order valence-electron chi connectivity index (χ0n) is 15.7. The van der Waals surface area contributed by atoms with Gasteiger partial charge in [-0.15, -0.1) is 0 Å². The maximum absolute atomic E-state index is 13.3. The summed E-state index contributed by atoms with van der Waals surface area (Å²) in [5, 5.41) is 15.6. The lowest BCUT2D eigenvalue weighted by atomic mass is 9.97. The molecule has 1 fully saturated rings. The number of hydrogen-bond acceptors (Lipinski definition) is 4. The normalized spacial score (nSPS) is 14.4. The predicted molar refractivity (Wildman–Crippen MR) is 103 cm³/mol. The first-order chi connectivity index (χ1) is 14.3. The second kappa shape index (κ2) is 7.74. The van der Waals surface area contributed by atoms with E-state index in [1.807, 2.05) is 4.90 Å². The quantitative estimate of drug-likeness (QED) is 0.629. The second-order valence-corrected chi connectivity index (χ2v) is 7.07. The Labute approximate surface area is 169 Å². The molecule has 4 rings (SSSR count). The van der Waals surface area contributed by atoms with Gasteiger partial charge >= 0.3 is 12.1 Å². The van der Waals surface area contributed by atoms with Gasteiger partial charge in [0, 0.05) is 30.5 Å². The van der Waals surface area contributed by atoms with E-state index >= 15 is 0 Å². The van der Waals surface area contributed by atoms with Gasteiger partial charge < -0.3 is 14.7 Å². The topological polar surface area (TPSA) is 78.4 Å². The highest BCUT2D eigenvalue weighted by atomic mass is 19.4. The molecule has 0 atom stereocenters. The molecule has 0 aliphatic carbocycles. The molecule has 0 spiro atoms. The molecule has 0 bridgehead atoms. The number of nitrogens with zero attached hydrogens (tertiary/aromatic N) is 2. The number of ether oxygens (including phenoxy) is 1. The molecule has 1 aromatic heterocycles. The molecule has 1 aliphatic rings. The number of benzene rings is 2. The van der Waals surface area contributed by atoms with Crippen LogP contribution in [0.1, 0.15) is 11.3 Å². The number of halogens is 3. The van der Waals surface area contributed by atoms with Crippen molar-refractivity contribution >= 4 is 11.7 Å². The fourth-order valence-corrected chi connectivity index (χ4v) is 3.29. The molecular weight excluding hydrogens is 399 g/mol. The Balaban J connectivity index is 1.65. The first kappa shape index (κ1) is 19.8. The van der Waals surface area contributed by atoms with Crippen molar-refractivity contribution in [2.75, 3.05) is 18.0 Å². The first-order valence-electron chi connectivity index (χ1n) is 9.22. The van der Waals surface area contributed by atoms with Gasteiger partial charge in [-0.05, 0) is 42.0 Å². The number of carboxylic acids is 1. The van der Waals surface area contributed by atoms with Crippen molar-refractivity contribution in [3.63, 3.8) is 0 Å².